The quantitative estimate of drug-likeness (QED) is 0.581. The zero-order valence-electron chi connectivity index (χ0n) is 11.1. The van der Waals surface area contributed by atoms with Gasteiger partial charge < -0.3 is 20.1 Å². The number of allylic oxidation sites excluding steroid dienone is 1. The van der Waals surface area contributed by atoms with Crippen LogP contribution < -0.4 is 4.74 Å². The molecular weight excluding hydrogens is 288 g/mol. The highest BCUT2D eigenvalue weighted by Gasteiger charge is 2.31. The number of phenols is 2. The molecule has 0 atom stereocenters. The number of fused-ring (bicyclic) bond motifs is 1. The first-order chi connectivity index (χ1) is 10.5. The molecule has 110 valence electrons. The highest BCUT2D eigenvalue weighted by Crippen LogP contribution is 2.44. The van der Waals surface area contributed by atoms with Crippen LogP contribution in [-0.2, 0) is 0 Å². The van der Waals surface area contributed by atoms with Crippen molar-refractivity contribution in [2.75, 3.05) is 0 Å². The summed E-state index contributed by atoms with van der Waals surface area (Å²) in [5.74, 6) is -2.43. The molecular formula is C16H10O6. The van der Waals surface area contributed by atoms with Gasteiger partial charge in [-0.05, 0) is 35.9 Å². The SMILES string of the molecule is O=C(O)c1ccc(/C=C2\Oc3c(ccc(O)c3O)C2=O)cc1. The number of aromatic carboxylic acids is 1. The molecule has 1 heterocycles. The largest absolute Gasteiger partial charge is 0.504 e. The Labute approximate surface area is 124 Å². The molecule has 0 saturated heterocycles. The molecule has 2 aromatic rings. The van der Waals surface area contributed by atoms with Crippen LogP contribution in [0.1, 0.15) is 26.3 Å². The fraction of sp³-hybridized carbons (Fsp3) is 0. The Morgan fingerprint density at radius 1 is 1.05 bits per heavy atom. The number of benzene rings is 2. The van der Waals surface area contributed by atoms with E-state index in [4.69, 9.17) is 9.84 Å². The molecule has 0 unspecified atom stereocenters. The third kappa shape index (κ3) is 2.16. The Bertz CT molecular complexity index is 817. The topological polar surface area (TPSA) is 104 Å². The Kier molecular flexibility index (Phi) is 3.06. The van der Waals surface area contributed by atoms with Gasteiger partial charge in [-0.2, -0.15) is 0 Å². The summed E-state index contributed by atoms with van der Waals surface area (Å²) in [4.78, 5) is 22.9. The van der Waals surface area contributed by atoms with Gasteiger partial charge in [0, 0.05) is 0 Å². The van der Waals surface area contributed by atoms with E-state index in [1.807, 2.05) is 0 Å². The number of hydrogen-bond acceptors (Lipinski definition) is 5. The highest BCUT2D eigenvalue weighted by molar-refractivity contribution is 6.15. The summed E-state index contributed by atoms with van der Waals surface area (Å²) < 4.78 is 5.30. The fourth-order valence-corrected chi connectivity index (χ4v) is 2.10. The number of carboxylic acids is 1. The smallest absolute Gasteiger partial charge is 0.335 e. The van der Waals surface area contributed by atoms with Gasteiger partial charge in [0.2, 0.25) is 11.5 Å². The monoisotopic (exact) mass is 298 g/mol. The van der Waals surface area contributed by atoms with Crippen molar-refractivity contribution < 1.29 is 29.6 Å². The van der Waals surface area contributed by atoms with Crippen molar-refractivity contribution in [3.8, 4) is 17.2 Å². The summed E-state index contributed by atoms with van der Waals surface area (Å²) in [6.45, 7) is 0. The maximum Gasteiger partial charge on any atom is 0.335 e. The molecule has 1 aliphatic rings. The summed E-state index contributed by atoms with van der Waals surface area (Å²) in [5, 5.41) is 27.9. The van der Waals surface area contributed by atoms with Gasteiger partial charge in [-0.3, -0.25) is 4.79 Å². The lowest BCUT2D eigenvalue weighted by Crippen LogP contribution is -1.98. The highest BCUT2D eigenvalue weighted by atomic mass is 16.5. The number of hydrogen-bond donors (Lipinski definition) is 3. The van der Waals surface area contributed by atoms with Crippen molar-refractivity contribution in [3.05, 3.63) is 58.8 Å². The third-order valence-electron chi connectivity index (χ3n) is 3.25. The van der Waals surface area contributed by atoms with E-state index in [1.54, 1.807) is 0 Å². The Morgan fingerprint density at radius 2 is 1.73 bits per heavy atom. The lowest BCUT2D eigenvalue weighted by atomic mass is 10.1. The standard InChI is InChI=1S/C16H10O6/c17-11-6-5-10-13(18)12(22-15(10)14(11)19)7-8-1-3-9(4-2-8)16(20)21/h1-7,17,19H,(H,20,21)/b12-7-. The van der Waals surface area contributed by atoms with E-state index in [0.717, 1.165) is 0 Å². The molecule has 22 heavy (non-hydrogen) atoms. The zero-order valence-corrected chi connectivity index (χ0v) is 11.1. The van der Waals surface area contributed by atoms with E-state index in [2.05, 4.69) is 0 Å². The van der Waals surface area contributed by atoms with Crippen LogP contribution in [0, 0.1) is 0 Å². The lowest BCUT2D eigenvalue weighted by Gasteiger charge is -2.02. The Hall–Kier alpha value is -3.28. The number of aromatic hydroxyl groups is 2. The predicted octanol–water partition coefficient (Wildman–Crippen LogP) is 2.41. The molecule has 3 N–H and O–H groups in total. The van der Waals surface area contributed by atoms with Crippen LogP contribution in [0.4, 0.5) is 0 Å². The van der Waals surface area contributed by atoms with Crippen molar-refractivity contribution in [1.82, 2.24) is 0 Å². The molecule has 0 bridgehead atoms. The van der Waals surface area contributed by atoms with E-state index in [9.17, 15) is 19.8 Å². The molecule has 2 aromatic carbocycles. The second-order valence-corrected chi connectivity index (χ2v) is 4.68. The molecule has 0 radical (unpaired) electrons. The molecule has 0 aliphatic carbocycles. The number of ketones is 1. The first-order valence-corrected chi connectivity index (χ1v) is 6.30. The fourth-order valence-electron chi connectivity index (χ4n) is 2.10. The molecule has 6 nitrogen and oxygen atoms in total. The van der Waals surface area contributed by atoms with E-state index in [0.29, 0.717) is 5.56 Å². The Morgan fingerprint density at radius 3 is 2.36 bits per heavy atom. The number of ether oxygens (including phenoxy) is 1. The van der Waals surface area contributed by atoms with Crippen molar-refractivity contribution in [2.24, 2.45) is 0 Å². The van der Waals surface area contributed by atoms with Crippen molar-refractivity contribution >= 4 is 17.8 Å². The number of carboxylic acid groups (broad SMARTS) is 1. The second-order valence-electron chi connectivity index (χ2n) is 4.68. The molecule has 3 rings (SSSR count). The van der Waals surface area contributed by atoms with Gasteiger partial charge >= 0.3 is 5.97 Å². The van der Waals surface area contributed by atoms with E-state index in [1.165, 1.54) is 42.5 Å². The van der Waals surface area contributed by atoms with Crippen LogP contribution in [-0.4, -0.2) is 27.1 Å². The van der Waals surface area contributed by atoms with Gasteiger partial charge in [0.25, 0.3) is 0 Å². The number of Topliss-reactive ketones (excluding diaryl/α,β-unsaturated/α-hetero) is 1. The van der Waals surface area contributed by atoms with Crippen molar-refractivity contribution in [2.45, 2.75) is 0 Å². The average molecular weight is 298 g/mol. The first-order valence-electron chi connectivity index (χ1n) is 6.30. The first kappa shape index (κ1) is 13.7. The molecule has 0 fully saturated rings. The Balaban J connectivity index is 1.95. The van der Waals surface area contributed by atoms with Gasteiger partial charge in [0.15, 0.2) is 17.3 Å². The van der Waals surface area contributed by atoms with Crippen molar-refractivity contribution in [3.63, 3.8) is 0 Å². The molecule has 0 amide bonds. The second kappa shape index (κ2) is 4.92. The van der Waals surface area contributed by atoms with Crippen LogP contribution in [0.2, 0.25) is 0 Å². The van der Waals surface area contributed by atoms with Crippen LogP contribution in [0.3, 0.4) is 0 Å². The maximum absolute atomic E-state index is 12.2. The number of carbonyl (C=O) groups excluding carboxylic acids is 1. The van der Waals surface area contributed by atoms with Gasteiger partial charge in [0.1, 0.15) is 0 Å². The summed E-state index contributed by atoms with van der Waals surface area (Å²) in [6.07, 6.45) is 1.43. The van der Waals surface area contributed by atoms with Gasteiger partial charge in [-0.1, -0.05) is 12.1 Å². The van der Waals surface area contributed by atoms with E-state index >= 15 is 0 Å². The van der Waals surface area contributed by atoms with Gasteiger partial charge in [0.05, 0.1) is 11.1 Å². The van der Waals surface area contributed by atoms with Gasteiger partial charge in [-0.15, -0.1) is 0 Å². The summed E-state index contributed by atoms with van der Waals surface area (Å²) in [6, 6.07) is 8.46. The molecule has 0 spiro atoms. The van der Waals surface area contributed by atoms with E-state index < -0.39 is 17.5 Å². The van der Waals surface area contributed by atoms with Crippen LogP contribution in [0.25, 0.3) is 6.08 Å². The molecule has 0 saturated carbocycles. The predicted molar refractivity (Wildman–Crippen MR) is 76.1 cm³/mol. The minimum atomic E-state index is -1.04. The van der Waals surface area contributed by atoms with Crippen LogP contribution in [0.15, 0.2) is 42.2 Å². The summed E-state index contributed by atoms with van der Waals surface area (Å²) in [5.41, 5.74) is 0.861. The van der Waals surface area contributed by atoms with E-state index in [-0.39, 0.29) is 28.4 Å². The lowest BCUT2D eigenvalue weighted by molar-refractivity contribution is 0.0696. The van der Waals surface area contributed by atoms with Crippen molar-refractivity contribution in [1.29, 1.82) is 0 Å². The molecule has 0 aromatic heterocycles. The molecule has 6 heteroatoms. The number of rotatable bonds is 2. The average Bonchev–Trinajstić information content (AvgIpc) is 2.81. The van der Waals surface area contributed by atoms with Gasteiger partial charge in [-0.25, -0.2) is 4.79 Å². The number of carbonyl (C=O) groups is 2. The third-order valence-corrected chi connectivity index (χ3v) is 3.25. The minimum Gasteiger partial charge on any atom is -0.504 e. The zero-order chi connectivity index (χ0) is 15.9. The molecule has 1 aliphatic heterocycles. The summed E-state index contributed by atoms with van der Waals surface area (Å²) >= 11 is 0. The van der Waals surface area contributed by atoms with Crippen LogP contribution in [0.5, 0.6) is 17.2 Å². The minimum absolute atomic E-state index is 0.0148. The summed E-state index contributed by atoms with van der Waals surface area (Å²) in [7, 11) is 0. The van der Waals surface area contributed by atoms with Crippen LogP contribution >= 0.6 is 0 Å². The maximum atomic E-state index is 12.2. The number of phenolic OH excluding ortho intramolecular Hbond substituents is 2. The normalized spacial score (nSPS) is 14.7.